The molecule has 106 valence electrons. The first-order chi connectivity index (χ1) is 10.0. The lowest BCUT2D eigenvalue weighted by Crippen LogP contribution is -2.10. The summed E-state index contributed by atoms with van der Waals surface area (Å²) in [7, 11) is 0. The second kappa shape index (κ2) is 5.10. The van der Waals surface area contributed by atoms with Gasteiger partial charge in [-0.3, -0.25) is 14.9 Å². The van der Waals surface area contributed by atoms with Crippen LogP contribution in [0.1, 0.15) is 16.3 Å². The van der Waals surface area contributed by atoms with Crippen LogP contribution in [0, 0.1) is 17.0 Å². The zero-order chi connectivity index (χ0) is 15.0. The smallest absolute Gasteiger partial charge is 0.269 e. The molecular formula is C14H11N3O3S. The maximum atomic E-state index is 12.0. The average molecular weight is 301 g/mol. The summed E-state index contributed by atoms with van der Waals surface area (Å²) in [6, 6.07) is 8.05. The van der Waals surface area contributed by atoms with Gasteiger partial charge in [0.1, 0.15) is 10.7 Å². The van der Waals surface area contributed by atoms with Crippen LogP contribution in [0.4, 0.5) is 5.69 Å². The Labute approximate surface area is 123 Å². The molecule has 0 saturated carbocycles. The molecule has 0 aliphatic carbocycles. The van der Waals surface area contributed by atoms with Crippen LogP contribution in [-0.2, 0) is 6.42 Å². The average Bonchev–Trinajstić information content (AvgIpc) is 2.80. The second-order valence-corrected chi connectivity index (χ2v) is 5.92. The van der Waals surface area contributed by atoms with E-state index in [0.29, 0.717) is 22.5 Å². The summed E-state index contributed by atoms with van der Waals surface area (Å²) in [5.41, 5.74) is 0.752. The quantitative estimate of drug-likeness (QED) is 0.595. The molecule has 21 heavy (non-hydrogen) atoms. The van der Waals surface area contributed by atoms with Crippen LogP contribution in [0.15, 0.2) is 35.1 Å². The van der Waals surface area contributed by atoms with Crippen LogP contribution >= 0.6 is 11.3 Å². The predicted molar refractivity (Wildman–Crippen MR) is 80.9 cm³/mol. The number of non-ortho nitro benzene ring substituents is 1. The Kier molecular flexibility index (Phi) is 3.26. The molecule has 0 fully saturated rings. The minimum Gasteiger partial charge on any atom is -0.310 e. The van der Waals surface area contributed by atoms with E-state index in [-0.39, 0.29) is 11.2 Å². The van der Waals surface area contributed by atoms with E-state index in [0.717, 1.165) is 10.4 Å². The topological polar surface area (TPSA) is 88.9 Å². The van der Waals surface area contributed by atoms with Gasteiger partial charge in [-0.15, -0.1) is 11.3 Å². The van der Waals surface area contributed by atoms with E-state index in [1.807, 2.05) is 13.0 Å². The number of H-pyrrole nitrogens is 1. The van der Waals surface area contributed by atoms with Crippen LogP contribution in [0.5, 0.6) is 0 Å². The number of thiophene rings is 1. The lowest BCUT2D eigenvalue weighted by molar-refractivity contribution is -0.384. The number of nitrogens with one attached hydrogen (secondary N) is 1. The normalized spacial score (nSPS) is 10.9. The Morgan fingerprint density at radius 2 is 2.05 bits per heavy atom. The molecule has 0 atom stereocenters. The van der Waals surface area contributed by atoms with Gasteiger partial charge in [-0.25, -0.2) is 4.98 Å². The number of nitrogens with zero attached hydrogens (tertiary/aromatic N) is 2. The molecule has 0 aliphatic heterocycles. The third kappa shape index (κ3) is 2.68. The first-order valence-corrected chi connectivity index (χ1v) is 7.07. The summed E-state index contributed by atoms with van der Waals surface area (Å²) in [6.07, 6.45) is 0.431. The monoisotopic (exact) mass is 301 g/mol. The van der Waals surface area contributed by atoms with Crippen molar-refractivity contribution in [3.63, 3.8) is 0 Å². The Balaban J connectivity index is 1.94. The summed E-state index contributed by atoms with van der Waals surface area (Å²) in [5.74, 6) is 0.559. The van der Waals surface area contributed by atoms with Crippen molar-refractivity contribution in [2.24, 2.45) is 0 Å². The van der Waals surface area contributed by atoms with Gasteiger partial charge in [-0.2, -0.15) is 0 Å². The summed E-state index contributed by atoms with van der Waals surface area (Å²) in [5, 5.41) is 11.2. The molecule has 0 bridgehead atoms. The fourth-order valence-corrected chi connectivity index (χ4v) is 3.01. The summed E-state index contributed by atoms with van der Waals surface area (Å²) in [4.78, 5) is 31.1. The van der Waals surface area contributed by atoms with Crippen LogP contribution < -0.4 is 5.56 Å². The number of aromatic nitrogens is 2. The lowest BCUT2D eigenvalue weighted by Gasteiger charge is -2.01. The third-order valence-electron chi connectivity index (χ3n) is 3.09. The van der Waals surface area contributed by atoms with Gasteiger partial charge in [0.25, 0.3) is 11.2 Å². The second-order valence-electron chi connectivity index (χ2n) is 4.69. The Morgan fingerprint density at radius 3 is 2.71 bits per heavy atom. The fourth-order valence-electron chi connectivity index (χ4n) is 2.11. The summed E-state index contributed by atoms with van der Waals surface area (Å²) < 4.78 is 0. The van der Waals surface area contributed by atoms with Gasteiger partial charge in [0.15, 0.2) is 0 Å². The minimum atomic E-state index is -0.440. The van der Waals surface area contributed by atoms with Crippen molar-refractivity contribution in [2.45, 2.75) is 13.3 Å². The van der Waals surface area contributed by atoms with Crippen molar-refractivity contribution >= 4 is 27.2 Å². The van der Waals surface area contributed by atoms with Crippen molar-refractivity contribution in [2.75, 3.05) is 0 Å². The molecule has 3 rings (SSSR count). The SMILES string of the molecule is Cc1cc2c(=O)[nH]c(Cc3ccc([N+](=O)[O-])cc3)nc2s1. The Hall–Kier alpha value is -2.54. The number of rotatable bonds is 3. The van der Waals surface area contributed by atoms with Gasteiger partial charge < -0.3 is 4.98 Å². The number of nitro groups is 1. The zero-order valence-corrected chi connectivity index (χ0v) is 11.9. The highest BCUT2D eigenvalue weighted by atomic mass is 32.1. The third-order valence-corrected chi connectivity index (χ3v) is 4.04. The summed E-state index contributed by atoms with van der Waals surface area (Å²) >= 11 is 1.48. The number of aromatic amines is 1. The van der Waals surface area contributed by atoms with Crippen molar-refractivity contribution in [3.8, 4) is 0 Å². The number of hydrogen-bond donors (Lipinski definition) is 1. The maximum absolute atomic E-state index is 12.0. The molecule has 2 heterocycles. The number of fused-ring (bicyclic) bond motifs is 1. The highest BCUT2D eigenvalue weighted by Gasteiger charge is 2.09. The minimum absolute atomic E-state index is 0.0459. The first-order valence-electron chi connectivity index (χ1n) is 6.25. The van der Waals surface area contributed by atoms with Crippen LogP contribution in [-0.4, -0.2) is 14.9 Å². The van der Waals surface area contributed by atoms with Gasteiger partial charge in [-0.1, -0.05) is 12.1 Å². The van der Waals surface area contributed by atoms with Crippen molar-refractivity contribution in [3.05, 3.63) is 67.1 Å². The molecular weight excluding hydrogens is 290 g/mol. The van der Waals surface area contributed by atoms with Crippen LogP contribution in [0.3, 0.4) is 0 Å². The Bertz CT molecular complexity index is 881. The van der Waals surface area contributed by atoms with E-state index in [1.54, 1.807) is 12.1 Å². The van der Waals surface area contributed by atoms with Gasteiger partial charge in [0, 0.05) is 23.4 Å². The number of nitro benzene ring substituents is 1. The molecule has 2 aromatic heterocycles. The molecule has 0 unspecified atom stereocenters. The van der Waals surface area contributed by atoms with E-state index in [9.17, 15) is 14.9 Å². The zero-order valence-electron chi connectivity index (χ0n) is 11.1. The van der Waals surface area contributed by atoms with Crippen molar-refractivity contribution in [1.29, 1.82) is 0 Å². The highest BCUT2D eigenvalue weighted by molar-refractivity contribution is 7.18. The van der Waals surface area contributed by atoms with E-state index < -0.39 is 4.92 Å². The first kappa shape index (κ1) is 13.4. The standard InChI is InChI=1S/C14H11N3O3S/c1-8-6-11-13(18)15-12(16-14(11)21-8)7-9-2-4-10(5-3-9)17(19)20/h2-6H,7H2,1H3,(H,15,16,18). The molecule has 0 amide bonds. The number of benzene rings is 1. The predicted octanol–water partition coefficient (Wildman–Crippen LogP) is 2.79. The number of hydrogen-bond acceptors (Lipinski definition) is 5. The van der Waals surface area contributed by atoms with Gasteiger partial charge in [0.2, 0.25) is 0 Å². The molecule has 7 heteroatoms. The van der Waals surface area contributed by atoms with E-state index in [4.69, 9.17) is 0 Å². The maximum Gasteiger partial charge on any atom is 0.269 e. The fraction of sp³-hybridized carbons (Fsp3) is 0.143. The van der Waals surface area contributed by atoms with Crippen LogP contribution in [0.25, 0.3) is 10.2 Å². The highest BCUT2D eigenvalue weighted by Crippen LogP contribution is 2.20. The van der Waals surface area contributed by atoms with Crippen molar-refractivity contribution in [1.82, 2.24) is 9.97 Å². The van der Waals surface area contributed by atoms with Gasteiger partial charge >= 0.3 is 0 Å². The molecule has 1 N–H and O–H groups in total. The molecule has 0 saturated heterocycles. The van der Waals surface area contributed by atoms with Gasteiger partial charge in [-0.05, 0) is 18.6 Å². The van der Waals surface area contributed by atoms with E-state index in [2.05, 4.69) is 9.97 Å². The molecule has 0 radical (unpaired) electrons. The lowest BCUT2D eigenvalue weighted by atomic mass is 10.1. The largest absolute Gasteiger partial charge is 0.310 e. The molecule has 6 nitrogen and oxygen atoms in total. The van der Waals surface area contributed by atoms with Gasteiger partial charge in [0.05, 0.1) is 10.3 Å². The molecule has 3 aromatic rings. The van der Waals surface area contributed by atoms with Crippen molar-refractivity contribution < 1.29 is 4.92 Å². The molecule has 0 spiro atoms. The molecule has 1 aromatic carbocycles. The van der Waals surface area contributed by atoms with E-state index >= 15 is 0 Å². The molecule has 0 aliphatic rings. The van der Waals surface area contributed by atoms with E-state index in [1.165, 1.54) is 23.5 Å². The summed E-state index contributed by atoms with van der Waals surface area (Å²) in [6.45, 7) is 1.93. The Morgan fingerprint density at radius 1 is 1.33 bits per heavy atom. The van der Waals surface area contributed by atoms with Crippen LogP contribution in [0.2, 0.25) is 0 Å². The number of aryl methyl sites for hydroxylation is 1.